The molecule has 1 fully saturated rings. The molecule has 1 aromatic rings. The van der Waals surface area contributed by atoms with Gasteiger partial charge in [0.2, 0.25) is 0 Å². The van der Waals surface area contributed by atoms with Crippen molar-refractivity contribution in [3.63, 3.8) is 0 Å². The highest BCUT2D eigenvalue weighted by atomic mass is 19.4. The average Bonchev–Trinajstić information content (AvgIpc) is 2.24. The van der Waals surface area contributed by atoms with E-state index in [0.717, 1.165) is 12.1 Å². The van der Waals surface area contributed by atoms with Gasteiger partial charge in [-0.05, 0) is 18.2 Å². The molecule has 1 aliphatic rings. The number of benzene rings is 1. The molecule has 2 nitrogen and oxygen atoms in total. The third-order valence-corrected chi connectivity index (χ3v) is 2.99. The van der Waals surface area contributed by atoms with Crippen molar-refractivity contribution in [1.82, 2.24) is 0 Å². The normalized spacial score (nSPS) is 22.7. The van der Waals surface area contributed by atoms with Crippen LogP contribution in [-0.4, -0.2) is 19.4 Å². The van der Waals surface area contributed by atoms with Crippen LogP contribution in [-0.2, 0) is 10.3 Å². The Morgan fingerprint density at radius 2 is 2.11 bits per heavy atom. The van der Waals surface area contributed by atoms with Crippen molar-refractivity contribution in [3.05, 3.63) is 42.2 Å². The summed E-state index contributed by atoms with van der Waals surface area (Å²) >= 11 is 0. The molecule has 1 saturated heterocycles. The van der Waals surface area contributed by atoms with E-state index in [4.69, 9.17) is 9.47 Å². The fourth-order valence-electron chi connectivity index (χ4n) is 1.99. The zero-order valence-electron chi connectivity index (χ0n) is 9.97. The van der Waals surface area contributed by atoms with E-state index >= 15 is 0 Å². The molecule has 0 amide bonds. The Hall–Kier alpha value is -1.56. The topological polar surface area (TPSA) is 18.5 Å². The summed E-state index contributed by atoms with van der Waals surface area (Å²) in [6, 6.07) is 3.03. The standard InChI is InChI=1S/C13H12F4O2/c1-2-6-18-11-4-3-9(14)8-10(11)12(5-7-19-12)13(15,16)17/h2-4,8H,1,5-7H2/t12-/m1/s1. The molecule has 19 heavy (non-hydrogen) atoms. The van der Waals surface area contributed by atoms with Gasteiger partial charge in [-0.25, -0.2) is 4.39 Å². The second-order valence-corrected chi connectivity index (χ2v) is 4.16. The summed E-state index contributed by atoms with van der Waals surface area (Å²) in [6.45, 7) is 3.43. The van der Waals surface area contributed by atoms with Crippen LogP contribution in [0.2, 0.25) is 0 Å². The van der Waals surface area contributed by atoms with Crippen molar-refractivity contribution in [3.8, 4) is 5.75 Å². The molecule has 6 heteroatoms. The highest BCUT2D eigenvalue weighted by molar-refractivity contribution is 5.41. The zero-order valence-corrected chi connectivity index (χ0v) is 9.97. The maximum atomic E-state index is 13.2. The minimum atomic E-state index is -4.62. The van der Waals surface area contributed by atoms with Gasteiger partial charge in [-0.3, -0.25) is 0 Å². The molecule has 0 aromatic heterocycles. The highest BCUT2D eigenvalue weighted by Crippen LogP contribution is 2.52. The van der Waals surface area contributed by atoms with E-state index in [2.05, 4.69) is 6.58 Å². The molecule has 0 bridgehead atoms. The number of alkyl halides is 3. The lowest BCUT2D eigenvalue weighted by Gasteiger charge is -2.43. The van der Waals surface area contributed by atoms with Crippen LogP contribution in [0, 0.1) is 5.82 Å². The van der Waals surface area contributed by atoms with E-state index in [9.17, 15) is 17.6 Å². The van der Waals surface area contributed by atoms with Crippen molar-refractivity contribution in [2.75, 3.05) is 13.2 Å². The summed E-state index contributed by atoms with van der Waals surface area (Å²) in [5, 5.41) is 0. The molecule has 0 saturated carbocycles. The Balaban J connectivity index is 2.47. The van der Waals surface area contributed by atoms with E-state index in [-0.39, 0.29) is 30.9 Å². The molecule has 0 radical (unpaired) electrons. The van der Waals surface area contributed by atoms with Crippen LogP contribution in [0.1, 0.15) is 12.0 Å². The SMILES string of the molecule is C=CCOc1ccc(F)cc1[C@@]1(C(F)(F)F)CCO1. The van der Waals surface area contributed by atoms with Gasteiger partial charge in [-0.1, -0.05) is 12.7 Å². The lowest BCUT2D eigenvalue weighted by Crippen LogP contribution is -2.53. The smallest absolute Gasteiger partial charge is 0.421 e. The summed E-state index contributed by atoms with van der Waals surface area (Å²) in [5.41, 5.74) is -2.79. The van der Waals surface area contributed by atoms with Gasteiger partial charge < -0.3 is 9.47 Å². The summed E-state index contributed by atoms with van der Waals surface area (Å²) in [5.74, 6) is -0.807. The van der Waals surface area contributed by atoms with Crippen molar-refractivity contribution in [2.45, 2.75) is 18.2 Å². The molecule has 0 N–H and O–H groups in total. The minimum absolute atomic E-state index is 0.0169. The predicted octanol–water partition coefficient (Wildman–Crippen LogP) is 3.57. The number of hydrogen-bond donors (Lipinski definition) is 0. The van der Waals surface area contributed by atoms with Gasteiger partial charge in [0.25, 0.3) is 0 Å². The minimum Gasteiger partial charge on any atom is -0.489 e. The van der Waals surface area contributed by atoms with Gasteiger partial charge in [0, 0.05) is 12.0 Å². The highest BCUT2D eigenvalue weighted by Gasteiger charge is 2.62. The van der Waals surface area contributed by atoms with E-state index in [1.165, 1.54) is 12.1 Å². The first kappa shape index (κ1) is 13.9. The molecular weight excluding hydrogens is 264 g/mol. The van der Waals surface area contributed by atoms with Gasteiger partial charge in [-0.2, -0.15) is 13.2 Å². The van der Waals surface area contributed by atoms with Gasteiger partial charge in [-0.15, -0.1) is 0 Å². The Morgan fingerprint density at radius 3 is 2.58 bits per heavy atom. The Labute approximate surface area is 107 Å². The Kier molecular flexibility index (Phi) is 3.54. The fraction of sp³-hybridized carbons (Fsp3) is 0.385. The average molecular weight is 276 g/mol. The third-order valence-electron chi connectivity index (χ3n) is 2.99. The van der Waals surface area contributed by atoms with E-state index < -0.39 is 17.6 Å². The first-order valence-electron chi connectivity index (χ1n) is 5.65. The molecule has 1 atom stereocenters. The molecule has 1 heterocycles. The van der Waals surface area contributed by atoms with Crippen molar-refractivity contribution >= 4 is 0 Å². The number of hydrogen-bond acceptors (Lipinski definition) is 2. The molecule has 2 rings (SSSR count). The van der Waals surface area contributed by atoms with Crippen LogP contribution in [0.25, 0.3) is 0 Å². The van der Waals surface area contributed by atoms with Gasteiger partial charge in [0.1, 0.15) is 18.2 Å². The molecule has 104 valence electrons. The van der Waals surface area contributed by atoms with E-state index in [1.807, 2.05) is 0 Å². The van der Waals surface area contributed by atoms with Crippen molar-refractivity contribution in [2.24, 2.45) is 0 Å². The van der Waals surface area contributed by atoms with E-state index in [0.29, 0.717) is 0 Å². The monoisotopic (exact) mass is 276 g/mol. The number of ether oxygens (including phenoxy) is 2. The summed E-state index contributed by atoms with van der Waals surface area (Å²) in [4.78, 5) is 0. The quantitative estimate of drug-likeness (QED) is 0.618. The summed E-state index contributed by atoms with van der Waals surface area (Å²) in [7, 11) is 0. The van der Waals surface area contributed by atoms with Gasteiger partial charge >= 0.3 is 6.18 Å². The van der Waals surface area contributed by atoms with Gasteiger partial charge in [0.05, 0.1) is 6.61 Å². The zero-order chi connectivity index (χ0) is 14.1. The van der Waals surface area contributed by atoms with Crippen LogP contribution in [0.3, 0.4) is 0 Å². The lowest BCUT2D eigenvalue weighted by molar-refractivity contribution is -0.334. The maximum absolute atomic E-state index is 13.2. The predicted molar refractivity (Wildman–Crippen MR) is 60.4 cm³/mol. The van der Waals surface area contributed by atoms with Gasteiger partial charge in [0.15, 0.2) is 5.60 Å². The third kappa shape index (κ3) is 2.32. The number of rotatable bonds is 4. The van der Waals surface area contributed by atoms with Crippen LogP contribution >= 0.6 is 0 Å². The van der Waals surface area contributed by atoms with Crippen molar-refractivity contribution in [1.29, 1.82) is 0 Å². The molecule has 1 aromatic carbocycles. The molecular formula is C13H12F4O2. The van der Waals surface area contributed by atoms with E-state index in [1.54, 1.807) is 0 Å². The molecule has 0 aliphatic carbocycles. The second kappa shape index (κ2) is 4.85. The fourth-order valence-corrected chi connectivity index (χ4v) is 1.99. The van der Waals surface area contributed by atoms with Crippen LogP contribution < -0.4 is 4.74 Å². The largest absolute Gasteiger partial charge is 0.489 e. The Morgan fingerprint density at radius 1 is 1.42 bits per heavy atom. The Bertz CT molecular complexity index is 478. The second-order valence-electron chi connectivity index (χ2n) is 4.16. The molecule has 1 aliphatic heterocycles. The molecule has 0 spiro atoms. The van der Waals surface area contributed by atoms with Crippen LogP contribution in [0.4, 0.5) is 17.6 Å². The first-order chi connectivity index (χ1) is 8.90. The summed E-state index contributed by atoms with van der Waals surface area (Å²) in [6.07, 6.45) is -3.47. The number of halogens is 4. The van der Waals surface area contributed by atoms with Crippen LogP contribution in [0.5, 0.6) is 5.75 Å². The maximum Gasteiger partial charge on any atom is 0.421 e. The van der Waals surface area contributed by atoms with Crippen molar-refractivity contribution < 1.29 is 27.0 Å². The summed E-state index contributed by atoms with van der Waals surface area (Å²) < 4.78 is 62.6. The first-order valence-corrected chi connectivity index (χ1v) is 5.65. The van der Waals surface area contributed by atoms with Crippen LogP contribution in [0.15, 0.2) is 30.9 Å². The lowest BCUT2D eigenvalue weighted by atomic mass is 9.85. The molecule has 0 unspecified atom stereocenters.